The summed E-state index contributed by atoms with van der Waals surface area (Å²) >= 11 is 0. The Morgan fingerprint density at radius 1 is 1.29 bits per heavy atom. The molecule has 2 atom stereocenters. The minimum Gasteiger partial charge on any atom is -0.372 e. The van der Waals surface area contributed by atoms with Gasteiger partial charge in [-0.2, -0.15) is 0 Å². The van der Waals surface area contributed by atoms with Gasteiger partial charge >= 0.3 is 0 Å². The Hall–Kier alpha value is -1.00. The smallest absolute Gasteiger partial charge is 0.159 e. The molecule has 1 aliphatic rings. The molecule has 0 unspecified atom stereocenters. The van der Waals surface area contributed by atoms with Gasteiger partial charge in [-0.3, -0.25) is 0 Å². The number of hydrogen-bond donors (Lipinski definition) is 1. The standard InChI is InChI=1S/C10H11F2NO/c11-7-2-1-6(5-8(7)12)10-9(13)3-4-14-10/h1-2,5,9-10H,3-4,13H2/t9-,10+/m0/s1. The molecule has 0 bridgehead atoms. The first-order valence-electron chi connectivity index (χ1n) is 4.50. The third kappa shape index (κ3) is 1.63. The van der Waals surface area contributed by atoms with Crippen molar-refractivity contribution < 1.29 is 13.5 Å². The minimum atomic E-state index is -0.856. The molecule has 76 valence electrons. The Bertz CT molecular complexity index is 343. The average Bonchev–Trinajstić information content (AvgIpc) is 2.57. The van der Waals surface area contributed by atoms with Gasteiger partial charge in [0.15, 0.2) is 11.6 Å². The molecule has 0 spiro atoms. The molecule has 1 aromatic carbocycles. The lowest BCUT2D eigenvalue weighted by atomic mass is 10.0. The SMILES string of the molecule is N[C@H]1CCO[C@@H]1c1ccc(F)c(F)c1. The van der Waals surface area contributed by atoms with Crippen LogP contribution in [-0.4, -0.2) is 12.6 Å². The second kappa shape index (κ2) is 3.63. The predicted molar refractivity (Wildman–Crippen MR) is 47.6 cm³/mol. The number of hydrogen-bond acceptors (Lipinski definition) is 2. The van der Waals surface area contributed by atoms with Crippen molar-refractivity contribution >= 4 is 0 Å². The molecule has 1 heterocycles. The summed E-state index contributed by atoms with van der Waals surface area (Å²) in [7, 11) is 0. The lowest BCUT2D eigenvalue weighted by Crippen LogP contribution is -2.23. The van der Waals surface area contributed by atoms with Crippen molar-refractivity contribution in [2.24, 2.45) is 5.73 Å². The van der Waals surface area contributed by atoms with Gasteiger partial charge in [0.1, 0.15) is 0 Å². The first-order valence-corrected chi connectivity index (χ1v) is 4.50. The van der Waals surface area contributed by atoms with E-state index in [2.05, 4.69) is 0 Å². The van der Waals surface area contributed by atoms with Crippen molar-refractivity contribution in [3.8, 4) is 0 Å². The normalized spacial score (nSPS) is 26.8. The molecule has 1 fully saturated rings. The van der Waals surface area contributed by atoms with Crippen LogP contribution in [0.25, 0.3) is 0 Å². The summed E-state index contributed by atoms with van der Waals surface area (Å²) in [6, 6.07) is 3.62. The number of benzene rings is 1. The summed E-state index contributed by atoms with van der Waals surface area (Å²) in [6.07, 6.45) is 0.453. The van der Waals surface area contributed by atoms with Crippen LogP contribution in [0.4, 0.5) is 8.78 Å². The van der Waals surface area contributed by atoms with Crippen LogP contribution in [0.15, 0.2) is 18.2 Å². The summed E-state index contributed by atoms with van der Waals surface area (Å²) in [5.41, 5.74) is 6.36. The fourth-order valence-electron chi connectivity index (χ4n) is 1.64. The molecular formula is C10H11F2NO. The van der Waals surface area contributed by atoms with Crippen molar-refractivity contribution in [1.29, 1.82) is 0 Å². The molecule has 2 nitrogen and oxygen atoms in total. The largest absolute Gasteiger partial charge is 0.372 e. The van der Waals surface area contributed by atoms with Crippen molar-refractivity contribution in [3.05, 3.63) is 35.4 Å². The van der Waals surface area contributed by atoms with E-state index in [-0.39, 0.29) is 12.1 Å². The van der Waals surface area contributed by atoms with Crippen molar-refractivity contribution in [3.63, 3.8) is 0 Å². The molecule has 0 aliphatic carbocycles. The van der Waals surface area contributed by atoms with E-state index in [9.17, 15) is 8.78 Å². The lowest BCUT2D eigenvalue weighted by Gasteiger charge is -2.14. The minimum absolute atomic E-state index is 0.125. The molecule has 2 rings (SSSR count). The third-order valence-electron chi connectivity index (χ3n) is 2.41. The molecular weight excluding hydrogens is 188 g/mol. The van der Waals surface area contributed by atoms with Crippen LogP contribution in [0.2, 0.25) is 0 Å². The van der Waals surface area contributed by atoms with E-state index in [0.717, 1.165) is 18.6 Å². The highest BCUT2D eigenvalue weighted by molar-refractivity contribution is 5.22. The Kier molecular flexibility index (Phi) is 2.48. The summed E-state index contributed by atoms with van der Waals surface area (Å²) in [5, 5.41) is 0. The molecule has 1 aliphatic heterocycles. The van der Waals surface area contributed by atoms with Crippen molar-refractivity contribution in [2.75, 3.05) is 6.61 Å². The van der Waals surface area contributed by atoms with Crippen LogP contribution in [0, 0.1) is 11.6 Å². The fraction of sp³-hybridized carbons (Fsp3) is 0.400. The monoisotopic (exact) mass is 199 g/mol. The summed E-state index contributed by atoms with van der Waals surface area (Å²) in [4.78, 5) is 0. The molecule has 4 heteroatoms. The zero-order valence-corrected chi connectivity index (χ0v) is 7.54. The molecule has 0 amide bonds. The lowest BCUT2D eigenvalue weighted by molar-refractivity contribution is 0.105. The van der Waals surface area contributed by atoms with Gasteiger partial charge in [-0.1, -0.05) is 6.07 Å². The van der Waals surface area contributed by atoms with Gasteiger partial charge in [0.05, 0.1) is 6.10 Å². The van der Waals surface area contributed by atoms with Crippen molar-refractivity contribution in [2.45, 2.75) is 18.6 Å². The first kappa shape index (κ1) is 9.55. The van der Waals surface area contributed by atoms with Crippen LogP contribution >= 0.6 is 0 Å². The van der Waals surface area contributed by atoms with Gasteiger partial charge in [0, 0.05) is 12.6 Å². The van der Waals surface area contributed by atoms with Crippen LogP contribution in [0.5, 0.6) is 0 Å². The average molecular weight is 199 g/mol. The maximum absolute atomic E-state index is 12.9. The number of ether oxygens (including phenoxy) is 1. The highest BCUT2D eigenvalue weighted by Crippen LogP contribution is 2.28. The highest BCUT2D eigenvalue weighted by Gasteiger charge is 2.26. The van der Waals surface area contributed by atoms with Gasteiger partial charge < -0.3 is 10.5 Å². The van der Waals surface area contributed by atoms with E-state index >= 15 is 0 Å². The third-order valence-corrected chi connectivity index (χ3v) is 2.41. The van der Waals surface area contributed by atoms with E-state index in [1.165, 1.54) is 6.07 Å². The zero-order valence-electron chi connectivity index (χ0n) is 7.54. The van der Waals surface area contributed by atoms with Crippen LogP contribution in [0.3, 0.4) is 0 Å². The first-order chi connectivity index (χ1) is 6.68. The summed E-state index contributed by atoms with van der Waals surface area (Å²) < 4.78 is 30.9. The Balaban J connectivity index is 2.28. The Labute approximate surface area is 80.7 Å². The van der Waals surface area contributed by atoms with E-state index < -0.39 is 11.6 Å². The molecule has 1 aromatic rings. The highest BCUT2D eigenvalue weighted by atomic mass is 19.2. The zero-order chi connectivity index (χ0) is 10.1. The second-order valence-corrected chi connectivity index (χ2v) is 3.42. The van der Waals surface area contributed by atoms with Gasteiger partial charge in [-0.25, -0.2) is 8.78 Å². The van der Waals surface area contributed by atoms with Gasteiger partial charge in [-0.05, 0) is 24.1 Å². The molecule has 0 radical (unpaired) electrons. The Morgan fingerprint density at radius 3 is 2.64 bits per heavy atom. The quantitative estimate of drug-likeness (QED) is 0.747. The molecule has 0 saturated carbocycles. The van der Waals surface area contributed by atoms with E-state index in [0.29, 0.717) is 12.2 Å². The Morgan fingerprint density at radius 2 is 2.07 bits per heavy atom. The maximum Gasteiger partial charge on any atom is 0.159 e. The van der Waals surface area contributed by atoms with Crippen molar-refractivity contribution in [1.82, 2.24) is 0 Å². The van der Waals surface area contributed by atoms with Crippen LogP contribution in [0.1, 0.15) is 18.1 Å². The molecule has 0 aromatic heterocycles. The summed E-state index contributed by atoms with van der Waals surface area (Å²) in [5.74, 6) is -1.70. The molecule has 2 N–H and O–H groups in total. The van der Waals surface area contributed by atoms with Crippen LogP contribution < -0.4 is 5.73 Å². The molecule has 1 saturated heterocycles. The van der Waals surface area contributed by atoms with E-state index in [1.807, 2.05) is 0 Å². The number of rotatable bonds is 1. The second-order valence-electron chi connectivity index (χ2n) is 3.42. The van der Waals surface area contributed by atoms with E-state index in [1.54, 1.807) is 0 Å². The number of nitrogens with two attached hydrogens (primary N) is 1. The van der Waals surface area contributed by atoms with Gasteiger partial charge in [0.25, 0.3) is 0 Å². The van der Waals surface area contributed by atoms with Crippen LogP contribution in [-0.2, 0) is 4.74 Å². The molecule has 14 heavy (non-hydrogen) atoms. The predicted octanol–water partition coefficient (Wildman–Crippen LogP) is 1.75. The topological polar surface area (TPSA) is 35.2 Å². The van der Waals surface area contributed by atoms with E-state index in [4.69, 9.17) is 10.5 Å². The summed E-state index contributed by atoms with van der Waals surface area (Å²) in [6.45, 7) is 0.574. The number of halogens is 2. The fourth-order valence-corrected chi connectivity index (χ4v) is 1.64. The maximum atomic E-state index is 12.9. The van der Waals surface area contributed by atoms with Gasteiger partial charge in [0.2, 0.25) is 0 Å². The van der Waals surface area contributed by atoms with Gasteiger partial charge in [-0.15, -0.1) is 0 Å².